The van der Waals surface area contributed by atoms with Gasteiger partial charge in [0, 0.05) is 39.8 Å². The predicted molar refractivity (Wildman–Crippen MR) is 96.8 cm³/mol. The van der Waals surface area contributed by atoms with Crippen molar-refractivity contribution >= 4 is 11.8 Å². The number of hydrogen-bond donors (Lipinski definition) is 1. The number of amides is 2. The van der Waals surface area contributed by atoms with Crippen LogP contribution < -0.4 is 5.32 Å². The van der Waals surface area contributed by atoms with Gasteiger partial charge >= 0.3 is 0 Å². The van der Waals surface area contributed by atoms with E-state index in [4.69, 9.17) is 9.15 Å². The van der Waals surface area contributed by atoms with Crippen molar-refractivity contribution in [2.24, 2.45) is 5.92 Å². The topological polar surface area (TPSA) is 75.0 Å². The van der Waals surface area contributed by atoms with Crippen LogP contribution in [-0.2, 0) is 9.53 Å². The summed E-state index contributed by atoms with van der Waals surface area (Å²) in [4.78, 5) is 29.3. The van der Waals surface area contributed by atoms with Crippen molar-refractivity contribution in [3.05, 3.63) is 24.2 Å². The first-order valence-electron chi connectivity index (χ1n) is 9.54. The predicted octanol–water partition coefficient (Wildman–Crippen LogP) is 1.36. The molecule has 1 aliphatic carbocycles. The number of nitrogens with one attached hydrogen (secondary N) is 1. The number of rotatable bonds is 7. The molecule has 1 aromatic rings. The summed E-state index contributed by atoms with van der Waals surface area (Å²) in [5.74, 6) is 0.810. The maximum absolute atomic E-state index is 12.8. The van der Waals surface area contributed by atoms with E-state index < -0.39 is 0 Å². The lowest BCUT2D eigenvalue weighted by molar-refractivity contribution is -0.129. The summed E-state index contributed by atoms with van der Waals surface area (Å²) in [6.07, 6.45) is 6.12. The highest BCUT2D eigenvalue weighted by Gasteiger charge is 2.37. The van der Waals surface area contributed by atoms with Gasteiger partial charge in [0.15, 0.2) is 5.76 Å². The second-order valence-corrected chi connectivity index (χ2v) is 7.08. The first kappa shape index (κ1) is 18.9. The minimum Gasteiger partial charge on any atom is -0.459 e. The summed E-state index contributed by atoms with van der Waals surface area (Å²) in [6.45, 7) is 3.73. The van der Waals surface area contributed by atoms with Crippen LogP contribution in [0.25, 0.3) is 0 Å². The summed E-state index contributed by atoms with van der Waals surface area (Å²) in [5, 5.41) is 3.01. The van der Waals surface area contributed by atoms with E-state index in [1.54, 1.807) is 19.2 Å². The molecule has 1 N–H and O–H groups in total. The van der Waals surface area contributed by atoms with E-state index in [2.05, 4.69) is 10.2 Å². The third kappa shape index (κ3) is 4.45. The van der Waals surface area contributed by atoms with Gasteiger partial charge in [-0.3, -0.25) is 14.5 Å². The number of nitrogens with zero attached hydrogens (tertiary/aromatic N) is 2. The molecule has 1 aromatic heterocycles. The monoisotopic (exact) mass is 363 g/mol. The number of carbonyl (C=O) groups is 2. The van der Waals surface area contributed by atoms with Crippen LogP contribution in [0.1, 0.15) is 36.2 Å². The Bertz CT molecular complexity index is 576. The Hall–Kier alpha value is -1.86. The van der Waals surface area contributed by atoms with Crippen LogP contribution in [-0.4, -0.2) is 74.1 Å². The van der Waals surface area contributed by atoms with Crippen molar-refractivity contribution in [2.45, 2.75) is 31.7 Å². The molecule has 2 fully saturated rings. The number of carbonyl (C=O) groups excluding carboxylic acids is 2. The zero-order valence-electron chi connectivity index (χ0n) is 15.5. The Kier molecular flexibility index (Phi) is 6.68. The Morgan fingerprint density at radius 1 is 1.27 bits per heavy atom. The largest absolute Gasteiger partial charge is 0.459 e. The molecule has 1 unspecified atom stereocenters. The third-order valence-corrected chi connectivity index (χ3v) is 5.45. The molecular weight excluding hydrogens is 334 g/mol. The van der Waals surface area contributed by atoms with Crippen LogP contribution in [0, 0.1) is 5.92 Å². The van der Waals surface area contributed by atoms with E-state index in [0.717, 1.165) is 12.8 Å². The molecule has 26 heavy (non-hydrogen) atoms. The van der Waals surface area contributed by atoms with Crippen LogP contribution in [0.15, 0.2) is 22.8 Å². The summed E-state index contributed by atoms with van der Waals surface area (Å²) in [7, 11) is 1.63. The van der Waals surface area contributed by atoms with Crippen LogP contribution >= 0.6 is 0 Å². The molecule has 0 aromatic carbocycles. The van der Waals surface area contributed by atoms with Gasteiger partial charge < -0.3 is 19.4 Å². The van der Waals surface area contributed by atoms with E-state index in [1.807, 2.05) is 4.90 Å². The van der Waals surface area contributed by atoms with Gasteiger partial charge in [-0.25, -0.2) is 0 Å². The standard InChI is InChI=1S/C19H29N3O4/c1-25-14-8-20-18(23)17(15-5-2-3-6-15)21-9-11-22(12-10-21)19(24)16-7-4-13-26-16/h4,7,13,15,17H,2-3,5-6,8-12,14H2,1H3,(H,20,23). The SMILES string of the molecule is COCCNC(=O)C(C1CCCC1)N1CCN(C(=O)c2ccco2)CC1. The molecule has 7 heteroatoms. The molecule has 1 atom stereocenters. The summed E-state index contributed by atoms with van der Waals surface area (Å²) < 4.78 is 10.3. The van der Waals surface area contributed by atoms with Gasteiger partial charge in [-0.1, -0.05) is 12.8 Å². The van der Waals surface area contributed by atoms with E-state index in [1.165, 1.54) is 19.1 Å². The maximum Gasteiger partial charge on any atom is 0.289 e. The van der Waals surface area contributed by atoms with Gasteiger partial charge in [-0.2, -0.15) is 0 Å². The summed E-state index contributed by atoms with van der Waals surface area (Å²) in [5.41, 5.74) is 0. The van der Waals surface area contributed by atoms with Gasteiger partial charge in [0.25, 0.3) is 5.91 Å². The van der Waals surface area contributed by atoms with Crippen LogP contribution in [0.2, 0.25) is 0 Å². The highest BCUT2D eigenvalue weighted by molar-refractivity contribution is 5.91. The van der Waals surface area contributed by atoms with Crippen molar-refractivity contribution in [1.29, 1.82) is 0 Å². The number of ether oxygens (including phenoxy) is 1. The van der Waals surface area contributed by atoms with E-state index in [0.29, 0.717) is 51.0 Å². The lowest BCUT2D eigenvalue weighted by atomic mass is 9.95. The first-order valence-corrected chi connectivity index (χ1v) is 9.54. The first-order chi connectivity index (χ1) is 12.7. The lowest BCUT2D eigenvalue weighted by Crippen LogP contribution is -2.58. The minimum atomic E-state index is -0.102. The fraction of sp³-hybridized carbons (Fsp3) is 0.684. The molecule has 2 aliphatic rings. The zero-order valence-corrected chi connectivity index (χ0v) is 15.5. The third-order valence-electron chi connectivity index (χ3n) is 5.45. The maximum atomic E-state index is 12.8. The number of furan rings is 1. The van der Waals surface area contributed by atoms with E-state index in [9.17, 15) is 9.59 Å². The average molecular weight is 363 g/mol. The van der Waals surface area contributed by atoms with Gasteiger partial charge in [-0.05, 0) is 30.9 Å². The van der Waals surface area contributed by atoms with Crippen LogP contribution in [0.3, 0.4) is 0 Å². The van der Waals surface area contributed by atoms with E-state index >= 15 is 0 Å². The second-order valence-electron chi connectivity index (χ2n) is 7.08. The molecular formula is C19H29N3O4. The van der Waals surface area contributed by atoms with Crippen LogP contribution in [0.4, 0.5) is 0 Å². The van der Waals surface area contributed by atoms with Crippen molar-refractivity contribution < 1.29 is 18.7 Å². The Balaban J connectivity index is 1.59. The molecule has 3 rings (SSSR count). The zero-order chi connectivity index (χ0) is 18.4. The van der Waals surface area contributed by atoms with Crippen molar-refractivity contribution in [1.82, 2.24) is 15.1 Å². The molecule has 7 nitrogen and oxygen atoms in total. The van der Waals surface area contributed by atoms with Crippen molar-refractivity contribution in [3.63, 3.8) is 0 Å². The molecule has 0 bridgehead atoms. The Morgan fingerprint density at radius 3 is 2.62 bits per heavy atom. The molecule has 0 radical (unpaired) electrons. The average Bonchev–Trinajstić information content (AvgIpc) is 3.36. The fourth-order valence-corrected chi connectivity index (χ4v) is 4.09. The second kappa shape index (κ2) is 9.19. The smallest absolute Gasteiger partial charge is 0.289 e. The summed E-state index contributed by atoms with van der Waals surface area (Å²) in [6, 6.07) is 3.32. The molecule has 2 amide bonds. The highest BCUT2D eigenvalue weighted by atomic mass is 16.5. The lowest BCUT2D eigenvalue weighted by Gasteiger charge is -2.40. The van der Waals surface area contributed by atoms with Gasteiger partial charge in [0.1, 0.15) is 0 Å². The van der Waals surface area contributed by atoms with Crippen LogP contribution in [0.5, 0.6) is 0 Å². The summed E-state index contributed by atoms with van der Waals surface area (Å²) >= 11 is 0. The number of hydrogen-bond acceptors (Lipinski definition) is 5. The molecule has 1 saturated carbocycles. The molecule has 1 saturated heterocycles. The van der Waals surface area contributed by atoms with E-state index in [-0.39, 0.29) is 17.9 Å². The molecule has 2 heterocycles. The normalized spacial score (nSPS) is 20.3. The minimum absolute atomic E-state index is 0.0726. The quantitative estimate of drug-likeness (QED) is 0.741. The number of methoxy groups -OCH3 is 1. The Labute approximate surface area is 154 Å². The van der Waals surface area contributed by atoms with Gasteiger partial charge in [0.05, 0.1) is 18.9 Å². The van der Waals surface area contributed by atoms with Gasteiger partial charge in [0.2, 0.25) is 5.91 Å². The van der Waals surface area contributed by atoms with Gasteiger partial charge in [-0.15, -0.1) is 0 Å². The molecule has 0 spiro atoms. The fourth-order valence-electron chi connectivity index (χ4n) is 4.09. The molecule has 1 aliphatic heterocycles. The number of piperazine rings is 1. The van der Waals surface area contributed by atoms with Crippen molar-refractivity contribution in [2.75, 3.05) is 46.4 Å². The molecule has 144 valence electrons. The highest BCUT2D eigenvalue weighted by Crippen LogP contribution is 2.31. The van der Waals surface area contributed by atoms with Crippen molar-refractivity contribution in [3.8, 4) is 0 Å². The Morgan fingerprint density at radius 2 is 2.00 bits per heavy atom.